The fourth-order valence-corrected chi connectivity index (χ4v) is 1.83. The van der Waals surface area contributed by atoms with Crippen molar-refractivity contribution in [3.63, 3.8) is 0 Å². The second-order valence-corrected chi connectivity index (χ2v) is 6.47. The lowest BCUT2D eigenvalue weighted by Crippen LogP contribution is -2.17. The fourth-order valence-electron chi connectivity index (χ4n) is 1.83. The summed E-state index contributed by atoms with van der Waals surface area (Å²) >= 11 is 0. The average Bonchev–Trinajstić information content (AvgIpc) is 2.45. The summed E-state index contributed by atoms with van der Waals surface area (Å²) in [7, 11) is 3.56. The molecule has 0 aliphatic heterocycles. The highest BCUT2D eigenvalue weighted by atomic mass is 16.7. The lowest BCUT2D eigenvalue weighted by molar-refractivity contribution is 0.0492. The first kappa shape index (κ1) is 19.1. The number of aromatic hydroxyl groups is 1. The van der Waals surface area contributed by atoms with Gasteiger partial charge in [-0.1, -0.05) is 24.0 Å². The summed E-state index contributed by atoms with van der Waals surface area (Å²) < 4.78 is 10.1. The zero-order valence-electron chi connectivity index (χ0n) is 14.7. The van der Waals surface area contributed by atoms with Gasteiger partial charge >= 0.3 is 0 Å². The van der Waals surface area contributed by atoms with Gasteiger partial charge in [0.2, 0.25) is 0 Å². The summed E-state index contributed by atoms with van der Waals surface area (Å²) in [6.45, 7) is 7.91. The molecule has 0 unspecified atom stereocenters. The zero-order valence-corrected chi connectivity index (χ0v) is 14.7. The Bertz CT molecular complexity index is 577. The van der Waals surface area contributed by atoms with Gasteiger partial charge in [0.05, 0.1) is 0 Å². The quantitative estimate of drug-likeness (QED) is 0.618. The average molecular weight is 317 g/mol. The van der Waals surface area contributed by atoms with Crippen molar-refractivity contribution in [3.05, 3.63) is 35.9 Å². The molecule has 0 bridgehead atoms. The lowest BCUT2D eigenvalue weighted by Gasteiger charge is -2.15. The predicted octanol–water partition coefficient (Wildman–Crippen LogP) is 3.41. The summed E-state index contributed by atoms with van der Waals surface area (Å²) in [4.78, 5) is 2.14. The number of ether oxygens (including phenoxy) is 2. The molecule has 0 amide bonds. The third-order valence-electron chi connectivity index (χ3n) is 2.87. The number of likely N-dealkylation sites (N-methyl/N-ethyl adjacent to an activating group) is 1. The lowest BCUT2D eigenvalue weighted by atomic mass is 9.98. The van der Waals surface area contributed by atoms with E-state index in [1.54, 1.807) is 19.2 Å². The van der Waals surface area contributed by atoms with Crippen LogP contribution in [0.15, 0.2) is 30.4 Å². The highest BCUT2D eigenvalue weighted by Gasteiger charge is 2.05. The molecule has 0 saturated carbocycles. The number of methoxy groups -OCH3 is 1. The minimum atomic E-state index is 0.0282. The maximum Gasteiger partial charge on any atom is 0.188 e. The Morgan fingerprint density at radius 2 is 2.04 bits per heavy atom. The first-order chi connectivity index (χ1) is 10.8. The Morgan fingerprint density at radius 1 is 1.30 bits per heavy atom. The Morgan fingerprint density at radius 3 is 2.65 bits per heavy atom. The van der Waals surface area contributed by atoms with Gasteiger partial charge in [0, 0.05) is 25.6 Å². The van der Waals surface area contributed by atoms with E-state index in [0.29, 0.717) is 5.75 Å². The molecule has 1 rings (SSSR count). The van der Waals surface area contributed by atoms with E-state index >= 15 is 0 Å². The van der Waals surface area contributed by atoms with Crippen LogP contribution in [-0.4, -0.2) is 37.5 Å². The molecule has 0 aliphatic carbocycles. The van der Waals surface area contributed by atoms with Crippen LogP contribution in [0.1, 0.15) is 26.3 Å². The van der Waals surface area contributed by atoms with E-state index in [4.69, 9.17) is 9.47 Å². The first-order valence-corrected chi connectivity index (χ1v) is 7.61. The van der Waals surface area contributed by atoms with Crippen molar-refractivity contribution < 1.29 is 14.6 Å². The SMILES string of the molecule is COCOc1ccc(CN(C)C/C=C/C#CC(C)(C)C)cc1O. The maximum atomic E-state index is 9.92. The van der Waals surface area contributed by atoms with Crippen LogP contribution in [0.3, 0.4) is 0 Å². The van der Waals surface area contributed by atoms with Crippen molar-refractivity contribution in [3.8, 4) is 23.3 Å². The Kier molecular flexibility index (Phi) is 7.67. The van der Waals surface area contributed by atoms with Crippen LogP contribution in [0.5, 0.6) is 11.5 Å². The molecular weight excluding hydrogens is 290 g/mol. The summed E-state index contributed by atoms with van der Waals surface area (Å²) in [6.07, 6.45) is 3.93. The number of hydrogen-bond donors (Lipinski definition) is 1. The minimum absolute atomic E-state index is 0.0282. The van der Waals surface area contributed by atoms with Gasteiger partial charge in [0.25, 0.3) is 0 Å². The molecule has 0 fully saturated rings. The smallest absolute Gasteiger partial charge is 0.188 e. The second kappa shape index (κ2) is 9.24. The van der Waals surface area contributed by atoms with Gasteiger partial charge in [-0.15, -0.1) is 0 Å². The number of allylic oxidation sites excluding steroid dienone is 1. The van der Waals surface area contributed by atoms with E-state index < -0.39 is 0 Å². The van der Waals surface area contributed by atoms with Crippen LogP contribution in [-0.2, 0) is 11.3 Å². The third kappa shape index (κ3) is 8.29. The topological polar surface area (TPSA) is 41.9 Å². The summed E-state index contributed by atoms with van der Waals surface area (Å²) in [5, 5.41) is 9.92. The van der Waals surface area contributed by atoms with Crippen LogP contribution in [0.4, 0.5) is 0 Å². The number of phenolic OH excluding ortho intramolecular Hbond substituents is 1. The van der Waals surface area contributed by atoms with Crippen molar-refractivity contribution in [2.75, 3.05) is 27.5 Å². The van der Waals surface area contributed by atoms with Crippen molar-refractivity contribution in [2.45, 2.75) is 27.3 Å². The molecule has 4 nitrogen and oxygen atoms in total. The highest BCUT2D eigenvalue weighted by molar-refractivity contribution is 5.41. The van der Waals surface area contributed by atoms with Gasteiger partial charge < -0.3 is 14.6 Å². The fraction of sp³-hybridized carbons (Fsp3) is 0.474. The van der Waals surface area contributed by atoms with Crippen LogP contribution in [0.2, 0.25) is 0 Å². The molecule has 1 aromatic carbocycles. The molecule has 0 atom stereocenters. The third-order valence-corrected chi connectivity index (χ3v) is 2.87. The van der Waals surface area contributed by atoms with E-state index in [1.165, 1.54) is 0 Å². The van der Waals surface area contributed by atoms with Gasteiger partial charge in [-0.05, 0) is 51.6 Å². The van der Waals surface area contributed by atoms with Crippen LogP contribution in [0.25, 0.3) is 0 Å². The molecule has 0 heterocycles. The summed E-state index contributed by atoms with van der Waals surface area (Å²) in [5.41, 5.74) is 1.05. The molecule has 1 aromatic rings. The van der Waals surface area contributed by atoms with E-state index in [9.17, 15) is 5.11 Å². The second-order valence-electron chi connectivity index (χ2n) is 6.47. The molecule has 23 heavy (non-hydrogen) atoms. The van der Waals surface area contributed by atoms with Gasteiger partial charge in [-0.25, -0.2) is 0 Å². The minimum Gasteiger partial charge on any atom is -0.504 e. The molecule has 0 radical (unpaired) electrons. The highest BCUT2D eigenvalue weighted by Crippen LogP contribution is 2.27. The number of rotatable bonds is 7. The normalized spacial score (nSPS) is 11.6. The first-order valence-electron chi connectivity index (χ1n) is 7.61. The van der Waals surface area contributed by atoms with Gasteiger partial charge in [0.15, 0.2) is 18.3 Å². The zero-order chi connectivity index (χ0) is 17.3. The van der Waals surface area contributed by atoms with Gasteiger partial charge in [0.1, 0.15) is 0 Å². The molecular formula is C19H27NO3. The predicted molar refractivity (Wildman–Crippen MR) is 93.3 cm³/mol. The van der Waals surface area contributed by atoms with Crippen molar-refractivity contribution in [2.24, 2.45) is 5.41 Å². The molecule has 126 valence electrons. The Balaban J connectivity index is 2.50. The van der Waals surface area contributed by atoms with Gasteiger partial charge in [-0.3, -0.25) is 4.90 Å². The number of nitrogens with zero attached hydrogens (tertiary/aromatic N) is 1. The number of benzene rings is 1. The largest absolute Gasteiger partial charge is 0.504 e. The molecule has 0 aliphatic rings. The summed E-state index contributed by atoms with van der Waals surface area (Å²) in [5.74, 6) is 6.77. The van der Waals surface area contributed by atoms with Crippen molar-refractivity contribution in [1.29, 1.82) is 0 Å². The van der Waals surface area contributed by atoms with Crippen molar-refractivity contribution in [1.82, 2.24) is 4.90 Å². The molecule has 0 aromatic heterocycles. The Hall–Kier alpha value is -1.96. The van der Waals surface area contributed by atoms with Crippen molar-refractivity contribution >= 4 is 0 Å². The molecule has 4 heteroatoms. The maximum absolute atomic E-state index is 9.92. The van der Waals surface area contributed by atoms with Gasteiger partial charge in [-0.2, -0.15) is 0 Å². The van der Waals surface area contributed by atoms with Crippen LogP contribution in [0, 0.1) is 17.3 Å². The number of phenols is 1. The van der Waals surface area contributed by atoms with E-state index in [2.05, 4.69) is 37.5 Å². The van der Waals surface area contributed by atoms with E-state index in [1.807, 2.05) is 25.3 Å². The van der Waals surface area contributed by atoms with Crippen LogP contribution >= 0.6 is 0 Å². The monoisotopic (exact) mass is 317 g/mol. The molecule has 0 spiro atoms. The molecule has 1 N–H and O–H groups in total. The Labute approximate surface area is 139 Å². The van der Waals surface area contributed by atoms with E-state index in [-0.39, 0.29) is 18.0 Å². The van der Waals surface area contributed by atoms with E-state index in [0.717, 1.165) is 18.7 Å². The van der Waals surface area contributed by atoms with Crippen LogP contribution < -0.4 is 4.74 Å². The standard InChI is InChI=1S/C19H27NO3/c1-19(2,3)11-7-6-8-12-20(4)14-16-9-10-18(17(21)13-16)23-15-22-5/h6,8-10,13,21H,12,14-15H2,1-5H3/b8-6+. The summed E-state index contributed by atoms with van der Waals surface area (Å²) in [6, 6.07) is 5.40. The number of hydrogen-bond acceptors (Lipinski definition) is 4. The molecule has 0 saturated heterocycles.